The highest BCUT2D eigenvalue weighted by Crippen LogP contribution is 2.17. The molecule has 0 aromatic heterocycles. The Kier molecular flexibility index (Phi) is 5.80. The van der Waals surface area contributed by atoms with Crippen molar-refractivity contribution in [2.45, 2.75) is 32.8 Å². The molecule has 0 aliphatic rings. The molecule has 0 saturated carbocycles. The molecule has 102 valence electrons. The van der Waals surface area contributed by atoms with E-state index in [2.05, 4.69) is 5.32 Å². The first-order valence-electron chi connectivity index (χ1n) is 6.22. The normalized spacial score (nSPS) is 11.5. The van der Waals surface area contributed by atoms with E-state index in [4.69, 9.17) is 10.00 Å². The number of unbranched alkanes of at least 4 members (excludes halogenated alkanes) is 1. The molecule has 1 aromatic carbocycles. The van der Waals surface area contributed by atoms with Crippen LogP contribution in [0.2, 0.25) is 0 Å². The molecule has 0 fully saturated rings. The van der Waals surface area contributed by atoms with E-state index in [-0.39, 0.29) is 17.2 Å². The minimum atomic E-state index is -0.704. The average Bonchev–Trinajstić information content (AvgIpc) is 2.39. The minimum Gasteiger partial charge on any atom is -0.481 e. The van der Waals surface area contributed by atoms with Crippen molar-refractivity contribution in [3.8, 4) is 11.8 Å². The predicted octanol–water partition coefficient (Wildman–Crippen LogP) is 2.38. The zero-order chi connectivity index (χ0) is 14.3. The summed E-state index contributed by atoms with van der Waals surface area (Å²) in [6.45, 7) is 4.23. The lowest BCUT2D eigenvalue weighted by atomic mass is 10.2. The van der Waals surface area contributed by atoms with Crippen LogP contribution in [0.3, 0.4) is 0 Å². The molecule has 1 atom stereocenters. The van der Waals surface area contributed by atoms with E-state index in [1.807, 2.05) is 6.92 Å². The second kappa shape index (κ2) is 7.37. The summed E-state index contributed by atoms with van der Waals surface area (Å²) in [7, 11) is 0. The molecule has 0 aliphatic heterocycles. The van der Waals surface area contributed by atoms with Gasteiger partial charge in [0.1, 0.15) is 17.6 Å². The van der Waals surface area contributed by atoms with Gasteiger partial charge in [-0.05, 0) is 25.5 Å². The van der Waals surface area contributed by atoms with Crippen LogP contribution in [0.15, 0.2) is 18.2 Å². The number of amides is 1. The number of nitrogens with zero attached hydrogens (tertiary/aromatic N) is 1. The summed E-state index contributed by atoms with van der Waals surface area (Å²) in [6.07, 6.45) is 1.20. The molecule has 5 heteroatoms. The summed E-state index contributed by atoms with van der Waals surface area (Å²) in [6, 6.07) is 5.62. The second-order valence-corrected chi connectivity index (χ2v) is 4.16. The number of ether oxygens (including phenoxy) is 1. The number of nitriles is 1. The molecular formula is C14H17FN2O2. The summed E-state index contributed by atoms with van der Waals surface area (Å²) in [5.41, 5.74) is -0.0487. The number of hydrogen-bond acceptors (Lipinski definition) is 3. The molecule has 1 rings (SSSR count). The van der Waals surface area contributed by atoms with Crippen LogP contribution in [0.4, 0.5) is 4.39 Å². The van der Waals surface area contributed by atoms with Crippen molar-refractivity contribution in [2.24, 2.45) is 0 Å². The van der Waals surface area contributed by atoms with Gasteiger partial charge in [0, 0.05) is 12.6 Å². The molecule has 0 saturated heterocycles. The van der Waals surface area contributed by atoms with Gasteiger partial charge in [-0.2, -0.15) is 5.26 Å². The smallest absolute Gasteiger partial charge is 0.260 e. The Morgan fingerprint density at radius 3 is 2.89 bits per heavy atom. The predicted molar refractivity (Wildman–Crippen MR) is 69.1 cm³/mol. The quantitative estimate of drug-likeness (QED) is 0.802. The third-order valence-corrected chi connectivity index (χ3v) is 2.57. The van der Waals surface area contributed by atoms with Crippen molar-refractivity contribution in [1.82, 2.24) is 5.32 Å². The lowest BCUT2D eigenvalue weighted by molar-refractivity contribution is -0.127. The SMILES string of the molecule is CCCCNC(=O)C(C)Oc1ccc(C#N)c(F)c1. The first-order chi connectivity index (χ1) is 9.08. The van der Waals surface area contributed by atoms with Gasteiger partial charge in [0.05, 0.1) is 5.56 Å². The van der Waals surface area contributed by atoms with E-state index in [1.54, 1.807) is 13.0 Å². The highest BCUT2D eigenvalue weighted by Gasteiger charge is 2.14. The maximum atomic E-state index is 13.3. The summed E-state index contributed by atoms with van der Waals surface area (Å²) in [4.78, 5) is 11.6. The van der Waals surface area contributed by atoms with Crippen LogP contribution in [0, 0.1) is 17.1 Å². The molecule has 4 nitrogen and oxygen atoms in total. The van der Waals surface area contributed by atoms with E-state index in [9.17, 15) is 9.18 Å². The summed E-state index contributed by atoms with van der Waals surface area (Å²) >= 11 is 0. The number of nitrogens with one attached hydrogen (secondary N) is 1. The van der Waals surface area contributed by atoms with Gasteiger partial charge in [0.25, 0.3) is 5.91 Å². The van der Waals surface area contributed by atoms with Gasteiger partial charge in [-0.1, -0.05) is 13.3 Å². The molecule has 0 bridgehead atoms. The van der Waals surface area contributed by atoms with Crippen LogP contribution in [-0.2, 0) is 4.79 Å². The van der Waals surface area contributed by atoms with E-state index >= 15 is 0 Å². The molecule has 1 unspecified atom stereocenters. The number of carbonyl (C=O) groups is 1. The maximum absolute atomic E-state index is 13.3. The van der Waals surface area contributed by atoms with Crippen molar-refractivity contribution in [3.05, 3.63) is 29.6 Å². The van der Waals surface area contributed by atoms with Crippen LogP contribution in [0.25, 0.3) is 0 Å². The molecule has 0 heterocycles. The van der Waals surface area contributed by atoms with Crippen LogP contribution in [0.5, 0.6) is 5.75 Å². The van der Waals surface area contributed by atoms with Crippen molar-refractivity contribution < 1.29 is 13.9 Å². The van der Waals surface area contributed by atoms with Crippen LogP contribution in [0.1, 0.15) is 32.3 Å². The Bertz CT molecular complexity index is 483. The fourth-order valence-electron chi connectivity index (χ4n) is 1.45. The van der Waals surface area contributed by atoms with Crippen molar-refractivity contribution in [1.29, 1.82) is 5.26 Å². The van der Waals surface area contributed by atoms with Gasteiger partial charge in [0.2, 0.25) is 0 Å². The Hall–Kier alpha value is -2.09. The number of carbonyl (C=O) groups excluding carboxylic acids is 1. The molecule has 1 amide bonds. The van der Waals surface area contributed by atoms with Crippen LogP contribution in [-0.4, -0.2) is 18.6 Å². The van der Waals surface area contributed by atoms with E-state index in [1.165, 1.54) is 12.1 Å². The van der Waals surface area contributed by atoms with Crippen molar-refractivity contribution in [2.75, 3.05) is 6.54 Å². The standard InChI is InChI=1S/C14H17FN2O2/c1-3-4-7-17-14(18)10(2)19-12-6-5-11(9-16)13(15)8-12/h5-6,8,10H,3-4,7H2,1-2H3,(H,17,18). The number of halogens is 1. The number of hydrogen-bond donors (Lipinski definition) is 1. The van der Waals surface area contributed by atoms with E-state index in [0.717, 1.165) is 18.9 Å². The molecule has 0 spiro atoms. The summed E-state index contributed by atoms with van der Waals surface area (Å²) in [5.74, 6) is -0.661. The van der Waals surface area contributed by atoms with Crippen molar-refractivity contribution >= 4 is 5.91 Å². The molecular weight excluding hydrogens is 247 g/mol. The highest BCUT2D eigenvalue weighted by molar-refractivity contribution is 5.80. The Balaban J connectivity index is 2.57. The minimum absolute atomic E-state index is 0.0487. The topological polar surface area (TPSA) is 62.1 Å². The van der Waals surface area contributed by atoms with Crippen LogP contribution >= 0.6 is 0 Å². The van der Waals surface area contributed by atoms with Gasteiger partial charge in [-0.15, -0.1) is 0 Å². The summed E-state index contributed by atoms with van der Waals surface area (Å²) < 4.78 is 18.7. The van der Waals surface area contributed by atoms with Gasteiger partial charge in [-0.3, -0.25) is 4.79 Å². The fraction of sp³-hybridized carbons (Fsp3) is 0.429. The van der Waals surface area contributed by atoms with Crippen molar-refractivity contribution in [3.63, 3.8) is 0 Å². The first kappa shape index (κ1) is 15.0. The molecule has 1 aromatic rings. The Morgan fingerprint density at radius 2 is 2.32 bits per heavy atom. The Morgan fingerprint density at radius 1 is 1.58 bits per heavy atom. The molecule has 0 radical (unpaired) electrons. The maximum Gasteiger partial charge on any atom is 0.260 e. The summed E-state index contributed by atoms with van der Waals surface area (Å²) in [5, 5.41) is 11.3. The fourth-order valence-corrected chi connectivity index (χ4v) is 1.45. The Labute approximate surface area is 112 Å². The molecule has 0 aliphatic carbocycles. The third-order valence-electron chi connectivity index (χ3n) is 2.57. The monoisotopic (exact) mass is 264 g/mol. The van der Waals surface area contributed by atoms with Gasteiger partial charge in [0.15, 0.2) is 6.10 Å². The third kappa shape index (κ3) is 4.59. The van der Waals surface area contributed by atoms with Gasteiger partial charge >= 0.3 is 0 Å². The lowest BCUT2D eigenvalue weighted by Gasteiger charge is -2.14. The first-order valence-corrected chi connectivity index (χ1v) is 6.22. The van der Waals surface area contributed by atoms with E-state index < -0.39 is 11.9 Å². The van der Waals surface area contributed by atoms with Gasteiger partial charge < -0.3 is 10.1 Å². The van der Waals surface area contributed by atoms with Gasteiger partial charge in [-0.25, -0.2) is 4.39 Å². The number of benzene rings is 1. The zero-order valence-corrected chi connectivity index (χ0v) is 11.1. The zero-order valence-electron chi connectivity index (χ0n) is 11.1. The molecule has 1 N–H and O–H groups in total. The largest absolute Gasteiger partial charge is 0.481 e. The second-order valence-electron chi connectivity index (χ2n) is 4.16. The lowest BCUT2D eigenvalue weighted by Crippen LogP contribution is -2.36. The molecule has 19 heavy (non-hydrogen) atoms. The number of rotatable bonds is 6. The van der Waals surface area contributed by atoms with E-state index in [0.29, 0.717) is 6.54 Å². The average molecular weight is 264 g/mol. The highest BCUT2D eigenvalue weighted by atomic mass is 19.1. The van der Waals surface area contributed by atoms with Crippen LogP contribution < -0.4 is 10.1 Å².